The highest BCUT2D eigenvalue weighted by Crippen LogP contribution is 2.37. The van der Waals surface area contributed by atoms with Gasteiger partial charge in [-0.2, -0.15) is 0 Å². The number of allylic oxidation sites excluding steroid dienone is 2. The molecule has 0 spiro atoms. The average Bonchev–Trinajstić information content (AvgIpc) is 2.50. The van der Waals surface area contributed by atoms with E-state index in [1.165, 1.54) is 70.3 Å². The summed E-state index contributed by atoms with van der Waals surface area (Å²) in [5.41, 5.74) is 0.549. The summed E-state index contributed by atoms with van der Waals surface area (Å²) in [7, 11) is 0. The van der Waals surface area contributed by atoms with Gasteiger partial charge in [0, 0.05) is 0 Å². The Kier molecular flexibility index (Phi) is 8.34. The van der Waals surface area contributed by atoms with Crippen LogP contribution in [0.4, 0.5) is 0 Å². The first-order chi connectivity index (χ1) is 9.63. The summed E-state index contributed by atoms with van der Waals surface area (Å²) in [5.74, 6) is 0.988. The summed E-state index contributed by atoms with van der Waals surface area (Å²) in [4.78, 5) is 0. The molecule has 0 saturated carbocycles. The fourth-order valence-corrected chi connectivity index (χ4v) is 3.64. The highest BCUT2D eigenvalue weighted by Gasteiger charge is 2.27. The quantitative estimate of drug-likeness (QED) is 0.310. The first kappa shape index (κ1) is 17.6. The third kappa shape index (κ3) is 6.33. The van der Waals surface area contributed by atoms with Crippen molar-refractivity contribution in [3.63, 3.8) is 0 Å². The van der Waals surface area contributed by atoms with E-state index in [2.05, 4.69) is 39.2 Å². The summed E-state index contributed by atoms with van der Waals surface area (Å²) >= 11 is 0. The van der Waals surface area contributed by atoms with Gasteiger partial charge in [-0.25, -0.2) is 0 Å². The Morgan fingerprint density at radius 2 is 1.75 bits per heavy atom. The summed E-state index contributed by atoms with van der Waals surface area (Å²) < 4.78 is 0. The summed E-state index contributed by atoms with van der Waals surface area (Å²) in [6.45, 7) is 13.6. The molecule has 0 bridgehead atoms. The minimum Gasteiger partial charge on any atom is -0.103 e. The molecule has 0 radical (unpaired) electrons. The van der Waals surface area contributed by atoms with E-state index in [0.717, 1.165) is 12.6 Å². The molecule has 1 fully saturated rings. The van der Waals surface area contributed by atoms with Gasteiger partial charge in [-0.05, 0) is 37.0 Å². The van der Waals surface area contributed by atoms with E-state index in [-0.39, 0.29) is 0 Å². The van der Waals surface area contributed by atoms with Gasteiger partial charge < -0.3 is 0 Å². The van der Waals surface area contributed by atoms with Crippen molar-refractivity contribution in [1.29, 1.82) is 0 Å². The van der Waals surface area contributed by atoms with Crippen molar-refractivity contribution in [2.45, 2.75) is 84.2 Å². The Morgan fingerprint density at radius 1 is 1.10 bits per heavy atom. The van der Waals surface area contributed by atoms with E-state index in [9.17, 15) is 0 Å². The smallest absolute Gasteiger partial charge is 0.103 e. The SMILES string of the molecule is C=CCCC1CCB(CCC(C)(CC)CCC=C)CC1. The molecule has 1 heterocycles. The second-order valence-corrected chi connectivity index (χ2v) is 7.28. The Labute approximate surface area is 128 Å². The zero-order valence-electron chi connectivity index (χ0n) is 14.0. The lowest BCUT2D eigenvalue weighted by atomic mass is 9.37. The molecule has 0 aromatic carbocycles. The Balaban J connectivity index is 2.25. The van der Waals surface area contributed by atoms with Gasteiger partial charge >= 0.3 is 0 Å². The van der Waals surface area contributed by atoms with E-state index in [0.29, 0.717) is 5.41 Å². The third-order valence-electron chi connectivity index (χ3n) is 5.71. The minimum atomic E-state index is 0.549. The Bertz CT molecular complexity index is 275. The van der Waals surface area contributed by atoms with Crippen LogP contribution in [-0.4, -0.2) is 6.71 Å². The lowest BCUT2D eigenvalue weighted by Gasteiger charge is -2.32. The zero-order chi connectivity index (χ0) is 14.8. The maximum Gasteiger partial charge on any atom is 0.139 e. The van der Waals surface area contributed by atoms with E-state index >= 15 is 0 Å². The van der Waals surface area contributed by atoms with E-state index in [1.54, 1.807) is 0 Å². The molecule has 1 saturated heterocycles. The maximum atomic E-state index is 3.87. The van der Waals surface area contributed by atoms with Crippen LogP contribution in [0, 0.1) is 11.3 Å². The maximum absolute atomic E-state index is 3.87. The van der Waals surface area contributed by atoms with Gasteiger partial charge in [-0.3, -0.25) is 0 Å². The van der Waals surface area contributed by atoms with Crippen LogP contribution in [0.5, 0.6) is 0 Å². The normalized spacial score (nSPS) is 19.6. The first-order valence-electron chi connectivity index (χ1n) is 8.85. The van der Waals surface area contributed by atoms with Crippen molar-refractivity contribution in [2.75, 3.05) is 0 Å². The van der Waals surface area contributed by atoms with Crippen LogP contribution < -0.4 is 0 Å². The lowest BCUT2D eigenvalue weighted by Crippen LogP contribution is -2.24. The monoisotopic (exact) mass is 274 g/mol. The molecule has 1 rings (SSSR count). The molecular formula is C19H35B. The van der Waals surface area contributed by atoms with Crippen LogP contribution in [0.2, 0.25) is 19.0 Å². The van der Waals surface area contributed by atoms with Gasteiger partial charge in [0.2, 0.25) is 0 Å². The molecule has 1 aliphatic rings. The topological polar surface area (TPSA) is 0 Å². The second-order valence-electron chi connectivity index (χ2n) is 7.28. The molecule has 0 amide bonds. The standard InChI is InChI=1S/C19H35B/c1-5-8-10-18-11-15-20(16-12-18)17-14-19(4,7-3)13-9-6-2/h5-6,18H,1-2,7-17H2,3-4H3. The predicted octanol–water partition coefficient (Wildman–Crippen LogP) is 6.63. The largest absolute Gasteiger partial charge is 0.139 e. The lowest BCUT2D eigenvalue weighted by molar-refractivity contribution is 0.274. The van der Waals surface area contributed by atoms with Gasteiger partial charge in [0.15, 0.2) is 0 Å². The van der Waals surface area contributed by atoms with Crippen LogP contribution in [0.3, 0.4) is 0 Å². The highest BCUT2D eigenvalue weighted by molar-refractivity contribution is 6.59. The summed E-state index contributed by atoms with van der Waals surface area (Å²) in [6, 6.07) is 0. The van der Waals surface area contributed by atoms with E-state index in [1.807, 2.05) is 0 Å². The van der Waals surface area contributed by atoms with Crippen molar-refractivity contribution in [3.05, 3.63) is 25.3 Å². The van der Waals surface area contributed by atoms with Crippen LogP contribution in [0.25, 0.3) is 0 Å². The molecule has 0 aliphatic carbocycles. The fraction of sp³-hybridized carbons (Fsp3) is 0.789. The molecule has 0 aromatic rings. The van der Waals surface area contributed by atoms with Crippen molar-refractivity contribution in [2.24, 2.45) is 11.3 Å². The van der Waals surface area contributed by atoms with Crippen LogP contribution >= 0.6 is 0 Å². The first-order valence-corrected chi connectivity index (χ1v) is 8.85. The number of rotatable bonds is 10. The fourth-order valence-electron chi connectivity index (χ4n) is 3.64. The third-order valence-corrected chi connectivity index (χ3v) is 5.71. The minimum absolute atomic E-state index is 0.549. The molecule has 1 atom stereocenters. The molecule has 1 heteroatoms. The van der Waals surface area contributed by atoms with Gasteiger partial charge in [0.25, 0.3) is 0 Å². The van der Waals surface area contributed by atoms with Crippen molar-refractivity contribution in [1.82, 2.24) is 0 Å². The Morgan fingerprint density at radius 3 is 2.30 bits per heavy atom. The van der Waals surface area contributed by atoms with Crippen molar-refractivity contribution < 1.29 is 0 Å². The number of hydrogen-bond acceptors (Lipinski definition) is 0. The molecule has 0 aromatic heterocycles. The average molecular weight is 274 g/mol. The van der Waals surface area contributed by atoms with Gasteiger partial charge in [0.1, 0.15) is 6.71 Å². The molecule has 114 valence electrons. The van der Waals surface area contributed by atoms with Crippen LogP contribution in [-0.2, 0) is 0 Å². The van der Waals surface area contributed by atoms with Gasteiger partial charge in [0.05, 0.1) is 0 Å². The predicted molar refractivity (Wildman–Crippen MR) is 94.8 cm³/mol. The highest BCUT2D eigenvalue weighted by atomic mass is 14.2. The van der Waals surface area contributed by atoms with Crippen LogP contribution in [0.15, 0.2) is 25.3 Å². The van der Waals surface area contributed by atoms with E-state index < -0.39 is 0 Å². The molecule has 0 N–H and O–H groups in total. The molecule has 0 nitrogen and oxygen atoms in total. The van der Waals surface area contributed by atoms with Crippen LogP contribution in [0.1, 0.15) is 65.2 Å². The summed E-state index contributed by atoms with van der Waals surface area (Å²) in [6.07, 6.45) is 19.3. The zero-order valence-corrected chi connectivity index (χ0v) is 14.0. The molecular weight excluding hydrogens is 239 g/mol. The molecule has 20 heavy (non-hydrogen) atoms. The second kappa shape index (κ2) is 9.48. The number of hydrogen-bond donors (Lipinski definition) is 0. The van der Waals surface area contributed by atoms with Crippen molar-refractivity contribution >= 4 is 6.71 Å². The van der Waals surface area contributed by atoms with Crippen molar-refractivity contribution in [3.8, 4) is 0 Å². The summed E-state index contributed by atoms with van der Waals surface area (Å²) in [5, 5.41) is 0. The van der Waals surface area contributed by atoms with Gasteiger partial charge in [-0.1, -0.05) is 70.6 Å². The molecule has 1 aliphatic heterocycles. The molecule has 1 unspecified atom stereocenters. The van der Waals surface area contributed by atoms with Gasteiger partial charge in [-0.15, -0.1) is 13.2 Å². The van der Waals surface area contributed by atoms with E-state index in [4.69, 9.17) is 0 Å². The Hall–Kier alpha value is -0.455.